The number of aliphatic hydroxyl groups excluding tert-OH is 5. The van der Waals surface area contributed by atoms with E-state index in [9.17, 15) is 39.9 Å². The van der Waals surface area contributed by atoms with E-state index in [1.165, 1.54) is 39.0 Å². The number of aliphatic carboxylic acids is 1. The molecule has 2 rings (SSSR count). The Morgan fingerprint density at radius 2 is 1.02 bits per heavy atom. The Hall–Kier alpha value is -1.95. The van der Waals surface area contributed by atoms with Gasteiger partial charge >= 0.3 is 17.9 Å². The lowest BCUT2D eigenvalue weighted by Crippen LogP contribution is -2.65. The molecule has 2 heterocycles. The van der Waals surface area contributed by atoms with Crippen LogP contribution in [0.2, 0.25) is 0 Å². The summed E-state index contributed by atoms with van der Waals surface area (Å²) in [6.45, 7) is 3.38. The van der Waals surface area contributed by atoms with Crippen molar-refractivity contribution in [3.8, 4) is 0 Å². The summed E-state index contributed by atoms with van der Waals surface area (Å²) in [6, 6.07) is 0. The third-order valence-corrected chi connectivity index (χ3v) is 8.87. The first-order chi connectivity index (χ1) is 23.3. The van der Waals surface area contributed by atoms with E-state index in [1.54, 1.807) is 0 Å². The number of carbonyl (C=O) groups is 3. The van der Waals surface area contributed by atoms with Gasteiger partial charge in [0.15, 0.2) is 12.6 Å². The molecule has 0 aromatic rings. The molecule has 0 spiro atoms. The third kappa shape index (κ3) is 16.3. The van der Waals surface area contributed by atoms with Gasteiger partial charge in [-0.1, -0.05) is 77.0 Å². The molecule has 0 aromatic carbocycles. The fourth-order valence-corrected chi connectivity index (χ4v) is 5.97. The Morgan fingerprint density at radius 3 is 1.49 bits per heavy atom. The summed E-state index contributed by atoms with van der Waals surface area (Å²) in [5, 5.41) is 61.8. The second kappa shape index (κ2) is 23.5. The largest absolute Gasteiger partial charge is 0.481 e. The summed E-state index contributed by atoms with van der Waals surface area (Å²) in [7, 11) is 0. The zero-order valence-corrected chi connectivity index (χ0v) is 29.2. The molecule has 0 aliphatic carbocycles. The molecule has 2 fully saturated rings. The van der Waals surface area contributed by atoms with Crippen molar-refractivity contribution >= 4 is 17.9 Å². The number of unbranched alkanes of at least 4 members (excludes halogenated alkanes) is 12. The number of rotatable bonds is 24. The number of hydrogen-bond acceptors (Lipinski definition) is 14. The summed E-state index contributed by atoms with van der Waals surface area (Å²) in [5.74, 6) is -1.99. The van der Waals surface area contributed by atoms with E-state index in [1.807, 2.05) is 6.92 Å². The molecule has 11 atom stereocenters. The number of carboxylic acid groups (broad SMARTS) is 1. The van der Waals surface area contributed by atoms with Gasteiger partial charge in [-0.15, -0.1) is 0 Å². The summed E-state index contributed by atoms with van der Waals surface area (Å²) in [5.41, 5.74) is 0. The molecule has 0 radical (unpaired) electrons. The fourth-order valence-electron chi connectivity index (χ4n) is 5.97. The van der Waals surface area contributed by atoms with Gasteiger partial charge in [-0.3, -0.25) is 14.4 Å². The highest BCUT2D eigenvalue weighted by molar-refractivity contribution is 5.66. The first-order valence-electron chi connectivity index (χ1n) is 17.8. The Balaban J connectivity index is 1.82. The smallest absolute Gasteiger partial charge is 0.303 e. The van der Waals surface area contributed by atoms with Gasteiger partial charge in [0.25, 0.3) is 0 Å². The maximum atomic E-state index is 11.4. The summed E-state index contributed by atoms with van der Waals surface area (Å²) in [4.78, 5) is 33.2. The molecule has 15 nitrogen and oxygen atoms in total. The number of hydrogen-bond donors (Lipinski definition) is 6. The molecule has 0 saturated carbocycles. The molecule has 6 N–H and O–H groups in total. The Bertz CT molecular complexity index is 951. The molecule has 15 heteroatoms. The Labute approximate surface area is 289 Å². The SMILES string of the molecule is CC(=O)OCC1OC(OC2C(OC(C)CCCCCCCCCCCCCCCC(=O)O)OC(COC(C)=O)C(O)C2O)C(O)C(O)C1O. The summed E-state index contributed by atoms with van der Waals surface area (Å²) < 4.78 is 33.3. The minimum atomic E-state index is -1.77. The fraction of sp³-hybridized carbons (Fsp3) is 0.912. The quantitative estimate of drug-likeness (QED) is 0.0623. The van der Waals surface area contributed by atoms with E-state index >= 15 is 0 Å². The van der Waals surface area contributed by atoms with Crippen molar-refractivity contribution in [2.45, 2.75) is 185 Å². The summed E-state index contributed by atoms with van der Waals surface area (Å²) >= 11 is 0. The predicted octanol–water partition coefficient (Wildman–Crippen LogP) is 2.09. The number of carboxylic acids is 1. The lowest BCUT2D eigenvalue weighted by atomic mass is 9.97. The highest BCUT2D eigenvalue weighted by Gasteiger charge is 2.51. The van der Waals surface area contributed by atoms with E-state index < -0.39 is 85.9 Å². The molecule has 2 aliphatic rings. The highest BCUT2D eigenvalue weighted by atomic mass is 16.8. The molecular weight excluding hydrogens is 648 g/mol. The zero-order chi connectivity index (χ0) is 36.3. The monoisotopic (exact) mass is 708 g/mol. The first-order valence-corrected chi connectivity index (χ1v) is 17.8. The number of ether oxygens (including phenoxy) is 6. The van der Waals surface area contributed by atoms with E-state index in [4.69, 9.17) is 33.5 Å². The number of carbonyl (C=O) groups excluding carboxylic acids is 2. The van der Waals surface area contributed by atoms with Crippen LogP contribution < -0.4 is 0 Å². The van der Waals surface area contributed by atoms with Crippen molar-refractivity contribution in [1.29, 1.82) is 0 Å². The normalized spacial score (nSPS) is 30.9. The highest BCUT2D eigenvalue weighted by Crippen LogP contribution is 2.31. The molecule has 2 saturated heterocycles. The predicted molar refractivity (Wildman–Crippen MR) is 173 cm³/mol. The molecule has 0 aromatic heterocycles. The molecule has 0 amide bonds. The zero-order valence-electron chi connectivity index (χ0n) is 29.2. The van der Waals surface area contributed by atoms with Crippen LogP contribution in [0.4, 0.5) is 0 Å². The van der Waals surface area contributed by atoms with Crippen LogP contribution in [0.3, 0.4) is 0 Å². The maximum absolute atomic E-state index is 11.4. The lowest BCUT2D eigenvalue weighted by Gasteiger charge is -2.46. The van der Waals surface area contributed by atoms with E-state index in [2.05, 4.69) is 0 Å². The van der Waals surface area contributed by atoms with Gasteiger partial charge in [-0.25, -0.2) is 0 Å². The van der Waals surface area contributed by atoms with Crippen molar-refractivity contribution in [2.24, 2.45) is 0 Å². The second-order valence-electron chi connectivity index (χ2n) is 13.2. The van der Waals surface area contributed by atoms with Crippen LogP contribution in [0.5, 0.6) is 0 Å². The van der Waals surface area contributed by atoms with Crippen LogP contribution in [-0.4, -0.2) is 129 Å². The van der Waals surface area contributed by atoms with Crippen molar-refractivity contribution in [1.82, 2.24) is 0 Å². The second-order valence-corrected chi connectivity index (χ2v) is 13.2. The maximum Gasteiger partial charge on any atom is 0.303 e. The van der Waals surface area contributed by atoms with Crippen molar-refractivity contribution in [2.75, 3.05) is 13.2 Å². The van der Waals surface area contributed by atoms with Crippen LogP contribution in [0, 0.1) is 0 Å². The molecule has 49 heavy (non-hydrogen) atoms. The minimum Gasteiger partial charge on any atom is -0.481 e. The standard InChI is InChI=1S/C34H60O15/c1-21(17-15-13-11-9-7-5-4-6-8-10-12-14-16-18-26(37)38)46-34-32(30(42)28(40)25(48-34)20-45-23(3)36)49-33-31(43)29(41)27(39)24(47-33)19-44-22(2)35/h21,24-25,27-34,39-43H,4-20H2,1-3H3,(H,37,38). The van der Waals surface area contributed by atoms with Gasteiger partial charge in [-0.2, -0.15) is 0 Å². The van der Waals surface area contributed by atoms with Crippen molar-refractivity contribution in [3.63, 3.8) is 0 Å². The number of aliphatic hydroxyl groups is 5. The molecule has 286 valence electrons. The molecule has 2 aliphatic heterocycles. The van der Waals surface area contributed by atoms with E-state index in [0.717, 1.165) is 58.3 Å². The third-order valence-electron chi connectivity index (χ3n) is 8.87. The average molecular weight is 709 g/mol. The van der Waals surface area contributed by atoms with Crippen LogP contribution in [0.25, 0.3) is 0 Å². The van der Waals surface area contributed by atoms with E-state index in [0.29, 0.717) is 6.42 Å². The first kappa shape index (κ1) is 43.2. The van der Waals surface area contributed by atoms with Gasteiger partial charge in [0, 0.05) is 20.3 Å². The Kier molecular flexibility index (Phi) is 20.7. The molecular formula is C34H60O15. The molecule has 11 unspecified atom stereocenters. The number of esters is 2. The van der Waals surface area contributed by atoms with Crippen LogP contribution in [-0.2, 0) is 42.8 Å². The lowest BCUT2D eigenvalue weighted by molar-refractivity contribution is -0.371. The average Bonchev–Trinajstić information content (AvgIpc) is 3.04. The van der Waals surface area contributed by atoms with Crippen LogP contribution in [0.15, 0.2) is 0 Å². The van der Waals surface area contributed by atoms with Gasteiger partial charge < -0.3 is 59.1 Å². The van der Waals surface area contributed by atoms with Gasteiger partial charge in [0.1, 0.15) is 62.0 Å². The van der Waals surface area contributed by atoms with Crippen molar-refractivity contribution in [3.05, 3.63) is 0 Å². The van der Waals surface area contributed by atoms with Gasteiger partial charge in [-0.05, 0) is 19.8 Å². The molecule has 0 bridgehead atoms. The van der Waals surface area contributed by atoms with Gasteiger partial charge in [0.2, 0.25) is 0 Å². The van der Waals surface area contributed by atoms with E-state index in [-0.39, 0.29) is 19.1 Å². The summed E-state index contributed by atoms with van der Waals surface area (Å²) in [6.07, 6.45) is -0.526. The van der Waals surface area contributed by atoms with Crippen LogP contribution >= 0.6 is 0 Å². The topological polar surface area (TPSA) is 228 Å². The van der Waals surface area contributed by atoms with Crippen LogP contribution in [0.1, 0.15) is 117 Å². The van der Waals surface area contributed by atoms with Crippen molar-refractivity contribution < 1.29 is 73.4 Å². The van der Waals surface area contributed by atoms with Gasteiger partial charge in [0.05, 0.1) is 6.10 Å². The minimum absolute atomic E-state index is 0.259. The Morgan fingerprint density at radius 1 is 0.592 bits per heavy atom.